The molecule has 0 radical (unpaired) electrons. The Morgan fingerprint density at radius 1 is 1.26 bits per heavy atom. The molecule has 1 aliphatic heterocycles. The first kappa shape index (κ1) is 16.5. The number of hydrogen-bond donors (Lipinski definition) is 1. The molecule has 2 aliphatic rings. The third-order valence-corrected chi connectivity index (χ3v) is 5.31. The van der Waals surface area contributed by atoms with Crippen LogP contribution in [0.4, 0.5) is 0 Å². The molecule has 1 saturated heterocycles. The molecule has 3 rings (SSSR count). The molecule has 1 aliphatic carbocycles. The van der Waals surface area contributed by atoms with Crippen LogP contribution in [0.3, 0.4) is 0 Å². The smallest absolute Gasteiger partial charge is 0.220 e. The first-order valence-electron chi connectivity index (χ1n) is 9.13. The molecule has 3 nitrogen and oxygen atoms in total. The molecule has 1 heterocycles. The van der Waals surface area contributed by atoms with Gasteiger partial charge in [0.2, 0.25) is 5.91 Å². The van der Waals surface area contributed by atoms with Crippen LogP contribution in [0.15, 0.2) is 18.2 Å². The fourth-order valence-corrected chi connectivity index (χ4v) is 3.87. The number of hydrogen-bond acceptors (Lipinski definition) is 2. The van der Waals surface area contributed by atoms with E-state index in [1.165, 1.54) is 36.0 Å². The van der Waals surface area contributed by atoms with E-state index in [2.05, 4.69) is 37.4 Å². The highest BCUT2D eigenvalue weighted by Gasteiger charge is 2.23. The summed E-state index contributed by atoms with van der Waals surface area (Å²) in [4.78, 5) is 12.4. The third kappa shape index (κ3) is 4.14. The molecule has 1 amide bonds. The van der Waals surface area contributed by atoms with Gasteiger partial charge in [-0.2, -0.15) is 0 Å². The van der Waals surface area contributed by atoms with Gasteiger partial charge in [0.1, 0.15) is 0 Å². The first-order chi connectivity index (χ1) is 11.1. The van der Waals surface area contributed by atoms with E-state index in [0.717, 1.165) is 19.4 Å². The monoisotopic (exact) mass is 315 g/mol. The van der Waals surface area contributed by atoms with Crippen molar-refractivity contribution in [2.24, 2.45) is 5.92 Å². The molecule has 0 spiro atoms. The van der Waals surface area contributed by atoms with Gasteiger partial charge in [-0.05, 0) is 60.6 Å². The zero-order valence-electron chi connectivity index (χ0n) is 14.4. The summed E-state index contributed by atoms with van der Waals surface area (Å²) in [5, 5.41) is 3.07. The van der Waals surface area contributed by atoms with Crippen molar-refractivity contribution in [1.29, 1.82) is 0 Å². The van der Waals surface area contributed by atoms with Crippen LogP contribution < -0.4 is 5.32 Å². The topological polar surface area (TPSA) is 38.3 Å². The van der Waals surface area contributed by atoms with Crippen molar-refractivity contribution >= 4 is 5.91 Å². The van der Waals surface area contributed by atoms with Crippen LogP contribution in [0.5, 0.6) is 0 Å². The maximum atomic E-state index is 12.4. The van der Waals surface area contributed by atoms with E-state index in [1.54, 1.807) is 0 Å². The van der Waals surface area contributed by atoms with E-state index in [1.807, 2.05) is 0 Å². The van der Waals surface area contributed by atoms with Crippen molar-refractivity contribution in [3.05, 3.63) is 34.9 Å². The number of fused-ring (bicyclic) bond motifs is 1. The Morgan fingerprint density at radius 2 is 2.09 bits per heavy atom. The quantitative estimate of drug-likeness (QED) is 0.871. The molecule has 2 unspecified atom stereocenters. The Morgan fingerprint density at radius 3 is 2.83 bits per heavy atom. The van der Waals surface area contributed by atoms with Gasteiger partial charge in [0.15, 0.2) is 0 Å². The number of aryl methyl sites for hydroxylation is 2. The second-order valence-electron chi connectivity index (χ2n) is 7.38. The lowest BCUT2D eigenvalue weighted by Gasteiger charge is -2.22. The number of amides is 1. The summed E-state index contributed by atoms with van der Waals surface area (Å²) in [6.45, 7) is 5.93. The van der Waals surface area contributed by atoms with Crippen LogP contribution >= 0.6 is 0 Å². The van der Waals surface area contributed by atoms with E-state index >= 15 is 0 Å². The van der Waals surface area contributed by atoms with E-state index in [0.29, 0.717) is 24.8 Å². The second-order valence-corrected chi connectivity index (χ2v) is 7.38. The second kappa shape index (κ2) is 7.48. The predicted molar refractivity (Wildman–Crippen MR) is 92.6 cm³/mol. The summed E-state index contributed by atoms with van der Waals surface area (Å²) in [7, 11) is 0. The van der Waals surface area contributed by atoms with Crippen molar-refractivity contribution < 1.29 is 9.53 Å². The summed E-state index contributed by atoms with van der Waals surface area (Å²) in [6, 6.07) is 6.86. The van der Waals surface area contributed by atoms with Crippen LogP contribution in [0.25, 0.3) is 0 Å². The Bertz CT molecular complexity index is 547. The Labute approximate surface area is 139 Å². The Kier molecular flexibility index (Phi) is 5.37. The number of benzene rings is 1. The summed E-state index contributed by atoms with van der Waals surface area (Å²) in [5.74, 6) is 0.910. The zero-order chi connectivity index (χ0) is 16.2. The molecule has 1 fully saturated rings. The fraction of sp³-hybridized carbons (Fsp3) is 0.650. The normalized spacial score (nSPS) is 21.4. The highest BCUT2D eigenvalue weighted by molar-refractivity contribution is 5.77. The minimum Gasteiger partial charge on any atom is -0.376 e. The molecule has 23 heavy (non-hydrogen) atoms. The van der Waals surface area contributed by atoms with Crippen LogP contribution in [0.1, 0.15) is 62.1 Å². The van der Waals surface area contributed by atoms with Gasteiger partial charge in [0.05, 0.1) is 6.10 Å². The standard InChI is InChI=1S/C20H29NO2/c1-14(2)19(12-20(22)21-13-18-7-4-10-23-18)17-9-8-15-5-3-6-16(15)11-17/h8-9,11,14,18-19H,3-7,10,12-13H2,1-2H3,(H,21,22). The van der Waals surface area contributed by atoms with Crippen LogP contribution in [-0.2, 0) is 22.4 Å². The van der Waals surface area contributed by atoms with Gasteiger partial charge in [0.25, 0.3) is 0 Å². The lowest BCUT2D eigenvalue weighted by Crippen LogP contribution is -2.33. The van der Waals surface area contributed by atoms with Crippen LogP contribution in [0, 0.1) is 5.92 Å². The lowest BCUT2D eigenvalue weighted by atomic mass is 9.84. The highest BCUT2D eigenvalue weighted by Crippen LogP contribution is 2.32. The maximum absolute atomic E-state index is 12.4. The minimum absolute atomic E-state index is 0.152. The van der Waals surface area contributed by atoms with Crippen LogP contribution in [-0.4, -0.2) is 25.2 Å². The summed E-state index contributed by atoms with van der Waals surface area (Å²) in [5.41, 5.74) is 4.32. The molecule has 126 valence electrons. The molecule has 1 N–H and O–H groups in total. The molecule has 1 aromatic carbocycles. The van der Waals surface area contributed by atoms with E-state index in [9.17, 15) is 4.79 Å². The van der Waals surface area contributed by atoms with Gasteiger partial charge < -0.3 is 10.1 Å². The van der Waals surface area contributed by atoms with Gasteiger partial charge in [-0.1, -0.05) is 32.0 Å². The Balaban J connectivity index is 1.60. The van der Waals surface area contributed by atoms with E-state index in [4.69, 9.17) is 4.74 Å². The number of carbonyl (C=O) groups excluding carboxylic acids is 1. The highest BCUT2D eigenvalue weighted by atomic mass is 16.5. The van der Waals surface area contributed by atoms with Crippen molar-refractivity contribution in [3.8, 4) is 0 Å². The number of ether oxygens (including phenoxy) is 1. The number of nitrogens with one attached hydrogen (secondary N) is 1. The molecule has 2 atom stereocenters. The van der Waals surface area contributed by atoms with E-state index < -0.39 is 0 Å². The van der Waals surface area contributed by atoms with Crippen molar-refractivity contribution in [2.45, 2.75) is 64.4 Å². The summed E-state index contributed by atoms with van der Waals surface area (Å²) < 4.78 is 5.58. The predicted octanol–water partition coefficient (Wildman–Crippen LogP) is 3.60. The molecule has 3 heteroatoms. The zero-order valence-corrected chi connectivity index (χ0v) is 14.4. The number of carbonyl (C=O) groups is 1. The molecular formula is C20H29NO2. The molecular weight excluding hydrogens is 286 g/mol. The summed E-state index contributed by atoms with van der Waals surface area (Å²) in [6.07, 6.45) is 6.65. The molecule has 1 aromatic rings. The van der Waals surface area contributed by atoms with Gasteiger partial charge in [0, 0.05) is 19.6 Å². The average Bonchev–Trinajstić information content (AvgIpc) is 3.20. The van der Waals surface area contributed by atoms with Gasteiger partial charge in [-0.3, -0.25) is 4.79 Å². The maximum Gasteiger partial charge on any atom is 0.220 e. The van der Waals surface area contributed by atoms with Gasteiger partial charge in [-0.15, -0.1) is 0 Å². The third-order valence-electron chi connectivity index (χ3n) is 5.31. The Hall–Kier alpha value is -1.35. The average molecular weight is 315 g/mol. The summed E-state index contributed by atoms with van der Waals surface area (Å²) >= 11 is 0. The van der Waals surface area contributed by atoms with Crippen molar-refractivity contribution in [1.82, 2.24) is 5.32 Å². The molecule has 0 bridgehead atoms. The SMILES string of the molecule is CC(C)C(CC(=O)NCC1CCCO1)c1ccc2c(c1)CCC2. The van der Waals surface area contributed by atoms with Crippen LogP contribution in [0.2, 0.25) is 0 Å². The van der Waals surface area contributed by atoms with E-state index in [-0.39, 0.29) is 12.0 Å². The van der Waals surface area contributed by atoms with Crippen molar-refractivity contribution in [3.63, 3.8) is 0 Å². The number of rotatable bonds is 6. The fourth-order valence-electron chi connectivity index (χ4n) is 3.87. The largest absolute Gasteiger partial charge is 0.376 e. The van der Waals surface area contributed by atoms with Crippen molar-refractivity contribution in [2.75, 3.05) is 13.2 Å². The lowest BCUT2D eigenvalue weighted by molar-refractivity contribution is -0.122. The van der Waals surface area contributed by atoms with Gasteiger partial charge >= 0.3 is 0 Å². The molecule has 0 aromatic heterocycles. The van der Waals surface area contributed by atoms with Gasteiger partial charge in [-0.25, -0.2) is 0 Å². The minimum atomic E-state index is 0.152. The molecule has 0 saturated carbocycles. The first-order valence-corrected chi connectivity index (χ1v) is 9.13.